The summed E-state index contributed by atoms with van der Waals surface area (Å²) in [5.74, 6) is 0.0215. The van der Waals surface area contributed by atoms with Gasteiger partial charge in [-0.25, -0.2) is 4.39 Å². The predicted octanol–water partition coefficient (Wildman–Crippen LogP) is 3.21. The lowest BCUT2D eigenvalue weighted by atomic mass is 10.0. The van der Waals surface area contributed by atoms with Crippen LogP contribution in [-0.2, 0) is 0 Å². The van der Waals surface area contributed by atoms with Gasteiger partial charge in [0.15, 0.2) is 0 Å². The van der Waals surface area contributed by atoms with Gasteiger partial charge in [-0.3, -0.25) is 0 Å². The third kappa shape index (κ3) is 1.72. The lowest BCUT2D eigenvalue weighted by molar-refractivity contribution is 0.412. The lowest BCUT2D eigenvalue weighted by Crippen LogP contribution is -1.91. The maximum Gasteiger partial charge on any atom is 0.134 e. The number of aromatic hydroxyl groups is 1. The van der Waals surface area contributed by atoms with Crippen molar-refractivity contribution in [3.05, 3.63) is 48.3 Å². The van der Waals surface area contributed by atoms with Gasteiger partial charge < -0.3 is 9.84 Å². The maximum atomic E-state index is 13.7. The largest absolute Gasteiger partial charge is 0.507 e. The summed E-state index contributed by atoms with van der Waals surface area (Å²) in [5.41, 5.74) is 0.709. The molecule has 0 amide bonds. The average molecular weight is 218 g/mol. The van der Waals surface area contributed by atoms with Crippen molar-refractivity contribution in [2.75, 3.05) is 7.11 Å². The minimum absolute atomic E-state index is 0.0332. The highest BCUT2D eigenvalue weighted by Gasteiger charge is 2.13. The van der Waals surface area contributed by atoms with Crippen LogP contribution in [0.3, 0.4) is 0 Å². The fraction of sp³-hybridized carbons (Fsp3) is 0.0769. The normalized spacial score (nSPS) is 10.1. The smallest absolute Gasteiger partial charge is 0.134 e. The number of phenolic OH excluding ortho intramolecular Hbond substituents is 1. The molecule has 2 aromatic rings. The van der Waals surface area contributed by atoms with Crippen LogP contribution in [0.5, 0.6) is 11.5 Å². The summed E-state index contributed by atoms with van der Waals surface area (Å²) in [5, 5.41) is 9.69. The van der Waals surface area contributed by atoms with Crippen LogP contribution in [0.15, 0.2) is 42.5 Å². The van der Waals surface area contributed by atoms with E-state index < -0.39 is 5.82 Å². The molecule has 0 spiro atoms. The Hall–Kier alpha value is -2.03. The molecule has 0 bridgehead atoms. The van der Waals surface area contributed by atoms with E-state index in [1.54, 1.807) is 30.3 Å². The molecule has 0 aliphatic carbocycles. The van der Waals surface area contributed by atoms with E-state index in [0.717, 1.165) is 0 Å². The molecule has 0 atom stereocenters. The molecule has 2 nitrogen and oxygen atoms in total. The van der Waals surface area contributed by atoms with Crippen molar-refractivity contribution in [3.8, 4) is 22.6 Å². The molecule has 82 valence electrons. The summed E-state index contributed by atoms with van der Waals surface area (Å²) in [6, 6.07) is 11.2. The number of methoxy groups -OCH3 is 1. The van der Waals surface area contributed by atoms with Gasteiger partial charge in [-0.2, -0.15) is 0 Å². The first-order chi connectivity index (χ1) is 7.74. The number of hydrogen-bond donors (Lipinski definition) is 1. The number of halogens is 1. The highest BCUT2D eigenvalue weighted by Crippen LogP contribution is 2.37. The first-order valence-electron chi connectivity index (χ1n) is 4.85. The number of hydrogen-bond acceptors (Lipinski definition) is 2. The van der Waals surface area contributed by atoms with Crippen LogP contribution in [0.4, 0.5) is 4.39 Å². The van der Waals surface area contributed by atoms with E-state index in [9.17, 15) is 9.50 Å². The Balaban J connectivity index is 2.68. The molecule has 0 saturated carbocycles. The van der Waals surface area contributed by atoms with Crippen LogP contribution in [0.25, 0.3) is 11.1 Å². The predicted molar refractivity (Wildman–Crippen MR) is 60.1 cm³/mol. The average Bonchev–Trinajstić information content (AvgIpc) is 2.30. The van der Waals surface area contributed by atoms with Crippen LogP contribution in [0.1, 0.15) is 0 Å². The SMILES string of the molecule is COc1cccc(F)c1-c1ccccc1O. The minimum atomic E-state index is -0.416. The van der Waals surface area contributed by atoms with Crippen molar-refractivity contribution in [2.24, 2.45) is 0 Å². The number of ether oxygens (including phenoxy) is 1. The third-order valence-electron chi connectivity index (χ3n) is 2.37. The zero-order valence-corrected chi connectivity index (χ0v) is 8.77. The molecule has 16 heavy (non-hydrogen) atoms. The molecule has 0 saturated heterocycles. The van der Waals surface area contributed by atoms with Crippen LogP contribution in [0.2, 0.25) is 0 Å². The number of phenols is 1. The van der Waals surface area contributed by atoms with E-state index in [-0.39, 0.29) is 11.3 Å². The van der Waals surface area contributed by atoms with Gasteiger partial charge in [0.05, 0.1) is 12.7 Å². The van der Waals surface area contributed by atoms with Gasteiger partial charge >= 0.3 is 0 Å². The summed E-state index contributed by atoms with van der Waals surface area (Å²) in [6.07, 6.45) is 0. The van der Waals surface area contributed by atoms with Crippen molar-refractivity contribution in [3.63, 3.8) is 0 Å². The van der Waals surface area contributed by atoms with E-state index in [1.807, 2.05) is 0 Å². The quantitative estimate of drug-likeness (QED) is 0.838. The third-order valence-corrected chi connectivity index (χ3v) is 2.37. The second-order valence-electron chi connectivity index (χ2n) is 3.33. The Kier molecular flexibility index (Phi) is 2.77. The Labute approximate surface area is 92.9 Å². The van der Waals surface area contributed by atoms with E-state index >= 15 is 0 Å². The molecule has 0 aromatic heterocycles. The molecular weight excluding hydrogens is 207 g/mol. The van der Waals surface area contributed by atoms with Crippen molar-refractivity contribution in [1.29, 1.82) is 0 Å². The zero-order valence-electron chi connectivity index (χ0n) is 8.77. The summed E-state index contributed by atoms with van der Waals surface area (Å²) in [4.78, 5) is 0. The van der Waals surface area contributed by atoms with E-state index in [2.05, 4.69) is 0 Å². The number of benzene rings is 2. The Morgan fingerprint density at radius 3 is 2.50 bits per heavy atom. The second-order valence-corrected chi connectivity index (χ2v) is 3.33. The van der Waals surface area contributed by atoms with Crippen LogP contribution in [0, 0.1) is 5.82 Å². The molecule has 3 heteroatoms. The van der Waals surface area contributed by atoms with Crippen LogP contribution >= 0.6 is 0 Å². The monoisotopic (exact) mass is 218 g/mol. The van der Waals surface area contributed by atoms with E-state index in [0.29, 0.717) is 11.3 Å². The Morgan fingerprint density at radius 1 is 1.06 bits per heavy atom. The molecule has 0 unspecified atom stereocenters. The molecule has 1 N–H and O–H groups in total. The van der Waals surface area contributed by atoms with Gasteiger partial charge in [0.1, 0.15) is 17.3 Å². The molecular formula is C13H11FO2. The zero-order chi connectivity index (χ0) is 11.5. The van der Waals surface area contributed by atoms with Crippen LogP contribution in [-0.4, -0.2) is 12.2 Å². The minimum Gasteiger partial charge on any atom is -0.507 e. The Bertz CT molecular complexity index is 509. The van der Waals surface area contributed by atoms with Crippen LogP contribution < -0.4 is 4.74 Å². The van der Waals surface area contributed by atoms with Gasteiger partial charge in [-0.15, -0.1) is 0 Å². The number of para-hydroxylation sites is 1. The standard InChI is InChI=1S/C13H11FO2/c1-16-12-8-4-6-10(14)13(12)9-5-2-3-7-11(9)15/h2-8,15H,1H3. The van der Waals surface area contributed by atoms with Gasteiger partial charge in [-0.1, -0.05) is 24.3 Å². The van der Waals surface area contributed by atoms with Gasteiger partial charge in [0, 0.05) is 5.56 Å². The van der Waals surface area contributed by atoms with Crippen molar-refractivity contribution in [2.45, 2.75) is 0 Å². The molecule has 2 rings (SSSR count). The first-order valence-corrected chi connectivity index (χ1v) is 4.85. The molecule has 0 aliphatic rings. The molecule has 2 aromatic carbocycles. The van der Waals surface area contributed by atoms with Crippen molar-refractivity contribution < 1.29 is 14.2 Å². The summed E-state index contributed by atoms with van der Waals surface area (Å²) in [7, 11) is 1.47. The van der Waals surface area contributed by atoms with E-state index in [1.165, 1.54) is 19.2 Å². The highest BCUT2D eigenvalue weighted by molar-refractivity contribution is 5.75. The van der Waals surface area contributed by atoms with Gasteiger partial charge in [0.2, 0.25) is 0 Å². The van der Waals surface area contributed by atoms with Crippen molar-refractivity contribution in [1.82, 2.24) is 0 Å². The van der Waals surface area contributed by atoms with Gasteiger partial charge in [-0.05, 0) is 18.2 Å². The molecule has 0 radical (unpaired) electrons. The fourth-order valence-electron chi connectivity index (χ4n) is 1.62. The summed E-state index contributed by atoms with van der Waals surface area (Å²) in [6.45, 7) is 0. The molecule has 0 aliphatic heterocycles. The highest BCUT2D eigenvalue weighted by atomic mass is 19.1. The first kappa shape index (κ1) is 10.5. The molecule has 0 heterocycles. The van der Waals surface area contributed by atoms with Gasteiger partial charge in [0.25, 0.3) is 0 Å². The number of rotatable bonds is 2. The second kappa shape index (κ2) is 4.23. The topological polar surface area (TPSA) is 29.5 Å². The van der Waals surface area contributed by atoms with Crippen molar-refractivity contribution >= 4 is 0 Å². The van der Waals surface area contributed by atoms with E-state index in [4.69, 9.17) is 4.74 Å². The summed E-state index contributed by atoms with van der Waals surface area (Å²) >= 11 is 0. The summed E-state index contributed by atoms with van der Waals surface area (Å²) < 4.78 is 18.8. The lowest BCUT2D eigenvalue weighted by Gasteiger charge is -2.10. The fourth-order valence-corrected chi connectivity index (χ4v) is 1.62. The Morgan fingerprint density at radius 2 is 1.81 bits per heavy atom. The molecule has 0 fully saturated rings. The maximum absolute atomic E-state index is 13.7.